The molecule has 1 unspecified atom stereocenters. The second-order valence-electron chi connectivity index (χ2n) is 6.13. The molecule has 1 aromatic heterocycles. The van der Waals surface area contributed by atoms with E-state index in [4.69, 9.17) is 4.74 Å². The molecule has 1 aliphatic carbocycles. The van der Waals surface area contributed by atoms with Crippen LogP contribution in [-0.4, -0.2) is 5.97 Å². The average Bonchev–Trinajstić information content (AvgIpc) is 3.16. The van der Waals surface area contributed by atoms with Crippen LogP contribution in [-0.2, 0) is 28.0 Å². The maximum Gasteiger partial charge on any atom is 0.334 e. The zero-order valence-electron chi connectivity index (χ0n) is 13.0. The van der Waals surface area contributed by atoms with Gasteiger partial charge < -0.3 is 4.74 Å². The van der Waals surface area contributed by atoms with E-state index in [0.717, 1.165) is 17.7 Å². The number of hydrogen-bond donors (Lipinski definition) is 0. The average molecular weight is 312 g/mol. The lowest BCUT2D eigenvalue weighted by atomic mass is 9.85. The van der Waals surface area contributed by atoms with Crippen LogP contribution >= 0.6 is 11.3 Å². The van der Waals surface area contributed by atoms with Gasteiger partial charge in [0.15, 0.2) is 0 Å². The number of hydrogen-bond acceptors (Lipinski definition) is 3. The monoisotopic (exact) mass is 312 g/mol. The van der Waals surface area contributed by atoms with Gasteiger partial charge in [-0.1, -0.05) is 36.9 Å². The van der Waals surface area contributed by atoms with E-state index in [1.165, 1.54) is 11.1 Å². The van der Waals surface area contributed by atoms with Crippen LogP contribution in [0.3, 0.4) is 0 Å². The fourth-order valence-electron chi connectivity index (χ4n) is 3.12. The lowest BCUT2D eigenvalue weighted by Gasteiger charge is -2.34. The van der Waals surface area contributed by atoms with Crippen LogP contribution in [0, 0.1) is 5.92 Å². The number of esters is 1. The third-order valence-electron chi connectivity index (χ3n) is 4.49. The van der Waals surface area contributed by atoms with Gasteiger partial charge in [-0.05, 0) is 49.3 Å². The summed E-state index contributed by atoms with van der Waals surface area (Å²) in [5.74, 6) is -0.0568. The van der Waals surface area contributed by atoms with E-state index in [0.29, 0.717) is 5.57 Å². The highest BCUT2D eigenvalue weighted by molar-refractivity contribution is 7.10. The Morgan fingerprint density at radius 3 is 2.36 bits per heavy atom. The maximum absolute atomic E-state index is 12.2. The molecule has 0 aliphatic heterocycles. The molecule has 1 aliphatic rings. The van der Waals surface area contributed by atoms with Crippen molar-refractivity contribution in [2.75, 3.05) is 0 Å². The third kappa shape index (κ3) is 2.61. The first kappa shape index (κ1) is 15.0. The van der Waals surface area contributed by atoms with Crippen LogP contribution in [0.5, 0.6) is 0 Å². The molecule has 1 heterocycles. The van der Waals surface area contributed by atoms with E-state index in [9.17, 15) is 4.79 Å². The fraction of sp³-hybridized carbons (Fsp3) is 0.316. The van der Waals surface area contributed by atoms with Gasteiger partial charge >= 0.3 is 5.97 Å². The Balaban J connectivity index is 1.94. The van der Waals surface area contributed by atoms with Gasteiger partial charge in [-0.25, -0.2) is 4.79 Å². The smallest absolute Gasteiger partial charge is 0.334 e. The fourth-order valence-corrected chi connectivity index (χ4v) is 4.03. The summed E-state index contributed by atoms with van der Waals surface area (Å²) in [7, 11) is 0. The molecule has 0 bridgehead atoms. The van der Waals surface area contributed by atoms with Gasteiger partial charge in [0, 0.05) is 16.4 Å². The van der Waals surface area contributed by atoms with Gasteiger partial charge in [0.25, 0.3) is 0 Å². The van der Waals surface area contributed by atoms with Crippen molar-refractivity contribution in [2.45, 2.75) is 32.3 Å². The molecular formula is C19H20O2S. The number of thiophene rings is 1. The molecule has 3 rings (SSSR count). The molecule has 1 atom stereocenters. The number of carbonyl (C=O) groups excluding carboxylic acids is 1. The van der Waals surface area contributed by atoms with Gasteiger partial charge in [-0.3, -0.25) is 0 Å². The number of ether oxygens (including phenoxy) is 1. The van der Waals surface area contributed by atoms with Crippen LogP contribution in [0.15, 0.2) is 53.9 Å². The summed E-state index contributed by atoms with van der Waals surface area (Å²) < 4.78 is 5.93. The molecule has 2 aromatic rings. The summed E-state index contributed by atoms with van der Waals surface area (Å²) in [6, 6.07) is 12.6. The van der Waals surface area contributed by atoms with E-state index in [1.807, 2.05) is 18.4 Å². The van der Waals surface area contributed by atoms with Gasteiger partial charge in [0.1, 0.15) is 5.60 Å². The highest BCUT2D eigenvalue weighted by atomic mass is 32.1. The van der Waals surface area contributed by atoms with E-state index < -0.39 is 5.60 Å². The predicted octanol–water partition coefficient (Wildman–Crippen LogP) is 4.50. The minimum absolute atomic E-state index is 0.256. The summed E-state index contributed by atoms with van der Waals surface area (Å²) in [6.45, 7) is 7.45. The van der Waals surface area contributed by atoms with Gasteiger partial charge in [-0.15, -0.1) is 11.3 Å². The Morgan fingerprint density at radius 1 is 1.23 bits per heavy atom. The Morgan fingerprint density at radius 2 is 1.86 bits per heavy atom. The minimum atomic E-state index is -0.608. The minimum Gasteiger partial charge on any atom is -0.450 e. The first-order valence-corrected chi connectivity index (χ1v) is 8.38. The van der Waals surface area contributed by atoms with E-state index in [-0.39, 0.29) is 11.9 Å². The van der Waals surface area contributed by atoms with Crippen molar-refractivity contribution >= 4 is 17.3 Å². The van der Waals surface area contributed by atoms with Crippen molar-refractivity contribution in [3.05, 3.63) is 69.9 Å². The van der Waals surface area contributed by atoms with Crippen molar-refractivity contribution in [1.82, 2.24) is 0 Å². The zero-order valence-corrected chi connectivity index (χ0v) is 13.8. The molecule has 22 heavy (non-hydrogen) atoms. The van der Waals surface area contributed by atoms with Crippen LogP contribution in [0.2, 0.25) is 0 Å². The molecule has 0 saturated heterocycles. The topological polar surface area (TPSA) is 26.3 Å². The number of benzene rings is 1. The highest BCUT2D eigenvalue weighted by Crippen LogP contribution is 2.44. The normalized spacial score (nSPS) is 16.8. The van der Waals surface area contributed by atoms with Crippen molar-refractivity contribution < 1.29 is 9.53 Å². The number of fused-ring (bicyclic) bond motifs is 1. The molecule has 0 saturated carbocycles. The molecule has 3 heteroatoms. The standard InChI is InChI=1S/C19H20O2S/c1-13(2)18(20)21-19(3,17-9-6-10-22-17)16-11-14-7-4-5-8-15(14)12-16/h4-10,16H,1,11-12H2,2-3H3. The van der Waals surface area contributed by atoms with E-state index in [1.54, 1.807) is 18.3 Å². The highest BCUT2D eigenvalue weighted by Gasteiger charge is 2.43. The molecule has 0 N–H and O–H groups in total. The quantitative estimate of drug-likeness (QED) is 0.614. The molecule has 114 valence electrons. The first-order chi connectivity index (χ1) is 10.5. The predicted molar refractivity (Wildman–Crippen MR) is 89.9 cm³/mol. The van der Waals surface area contributed by atoms with Crippen LogP contribution in [0.4, 0.5) is 0 Å². The molecule has 2 nitrogen and oxygen atoms in total. The Kier molecular flexibility index (Phi) is 3.92. The summed E-state index contributed by atoms with van der Waals surface area (Å²) in [4.78, 5) is 13.3. The molecule has 1 aromatic carbocycles. The second-order valence-corrected chi connectivity index (χ2v) is 7.08. The Bertz CT molecular complexity index is 677. The van der Waals surface area contributed by atoms with Crippen LogP contribution in [0.25, 0.3) is 0 Å². The summed E-state index contributed by atoms with van der Waals surface area (Å²) in [6.07, 6.45) is 1.88. The molecule has 0 fully saturated rings. The first-order valence-electron chi connectivity index (χ1n) is 7.50. The van der Waals surface area contributed by atoms with Gasteiger partial charge in [-0.2, -0.15) is 0 Å². The van der Waals surface area contributed by atoms with Crippen LogP contribution in [0.1, 0.15) is 29.9 Å². The Labute approximate surface area is 135 Å². The van der Waals surface area contributed by atoms with Crippen molar-refractivity contribution in [3.63, 3.8) is 0 Å². The molecular weight excluding hydrogens is 292 g/mol. The van der Waals surface area contributed by atoms with Crippen molar-refractivity contribution in [3.8, 4) is 0 Å². The third-order valence-corrected chi connectivity index (χ3v) is 5.58. The van der Waals surface area contributed by atoms with Crippen molar-refractivity contribution in [1.29, 1.82) is 0 Å². The van der Waals surface area contributed by atoms with Crippen LogP contribution < -0.4 is 0 Å². The number of rotatable bonds is 4. The molecule has 0 amide bonds. The van der Waals surface area contributed by atoms with Crippen molar-refractivity contribution in [2.24, 2.45) is 5.92 Å². The summed E-state index contributed by atoms with van der Waals surface area (Å²) >= 11 is 1.64. The zero-order chi connectivity index (χ0) is 15.7. The summed E-state index contributed by atoms with van der Waals surface area (Å²) in [5, 5.41) is 2.03. The SMILES string of the molecule is C=C(C)C(=O)OC(C)(c1cccs1)C1Cc2ccccc2C1. The lowest BCUT2D eigenvalue weighted by molar-refractivity contribution is -0.159. The number of carbonyl (C=O) groups is 1. The largest absolute Gasteiger partial charge is 0.450 e. The second kappa shape index (κ2) is 5.73. The van der Waals surface area contributed by atoms with E-state index in [2.05, 4.69) is 36.9 Å². The van der Waals surface area contributed by atoms with Gasteiger partial charge in [0.05, 0.1) is 0 Å². The Hall–Kier alpha value is -1.87. The molecule has 0 radical (unpaired) electrons. The lowest BCUT2D eigenvalue weighted by Crippen LogP contribution is -2.37. The summed E-state index contributed by atoms with van der Waals surface area (Å²) in [5.41, 5.74) is 2.56. The van der Waals surface area contributed by atoms with Gasteiger partial charge in [0.2, 0.25) is 0 Å². The maximum atomic E-state index is 12.2. The molecule has 0 spiro atoms. The van der Waals surface area contributed by atoms with E-state index >= 15 is 0 Å².